The standard InChI is InChI=1S/C13H17O2PS8/c1-5-14-16(15-6-2)13-23-11-12(24-13)22-10(21-11)9-19-7(17-3)8(18-4)20-9/h13H,5-6H2,1-4H3. The van der Waals surface area contributed by atoms with Crippen LogP contribution >= 0.6 is 102 Å². The Hall–Kier alpha value is 2.37. The predicted molar refractivity (Wildman–Crippen MR) is 128 cm³/mol. The average molecular weight is 493 g/mol. The van der Waals surface area contributed by atoms with Crippen LogP contribution in [0.1, 0.15) is 13.8 Å². The van der Waals surface area contributed by atoms with Crippen molar-refractivity contribution >= 4 is 102 Å². The van der Waals surface area contributed by atoms with Crippen LogP contribution in [0.15, 0.2) is 25.4 Å². The van der Waals surface area contributed by atoms with E-state index in [0.29, 0.717) is 4.32 Å². The van der Waals surface area contributed by atoms with Crippen molar-refractivity contribution in [1.82, 2.24) is 0 Å². The first-order valence-electron chi connectivity index (χ1n) is 7.10. The van der Waals surface area contributed by atoms with Crippen molar-refractivity contribution in [1.29, 1.82) is 0 Å². The summed E-state index contributed by atoms with van der Waals surface area (Å²) in [6.07, 6.45) is 4.33. The third kappa shape index (κ3) is 4.85. The number of rotatable bonds is 7. The second kappa shape index (κ2) is 10.2. The smallest absolute Gasteiger partial charge is 0.196 e. The monoisotopic (exact) mass is 492 g/mol. The minimum absolute atomic E-state index is 0.377. The number of thioether (sulfide) groups is 8. The summed E-state index contributed by atoms with van der Waals surface area (Å²) in [6.45, 7) is 5.52. The first-order valence-corrected chi connectivity index (χ1v) is 15.8. The summed E-state index contributed by atoms with van der Waals surface area (Å²) in [7, 11) is -0.815. The summed E-state index contributed by atoms with van der Waals surface area (Å²) in [5.74, 6) is 0. The molecule has 0 N–H and O–H groups in total. The van der Waals surface area contributed by atoms with Crippen molar-refractivity contribution in [3.63, 3.8) is 0 Å². The molecule has 0 saturated heterocycles. The summed E-state index contributed by atoms with van der Waals surface area (Å²) in [4.78, 5) is 0. The minimum atomic E-state index is -0.815. The fourth-order valence-electron chi connectivity index (χ4n) is 1.81. The average Bonchev–Trinajstić information content (AvgIpc) is 3.26. The highest BCUT2D eigenvalue weighted by Crippen LogP contribution is 2.73. The van der Waals surface area contributed by atoms with Crippen molar-refractivity contribution in [2.24, 2.45) is 0 Å². The molecule has 11 heteroatoms. The Morgan fingerprint density at radius 3 is 1.67 bits per heavy atom. The quantitative estimate of drug-likeness (QED) is 0.322. The van der Waals surface area contributed by atoms with Crippen molar-refractivity contribution in [2.45, 2.75) is 18.2 Å². The Morgan fingerprint density at radius 2 is 1.25 bits per heavy atom. The van der Waals surface area contributed by atoms with Gasteiger partial charge in [0.1, 0.15) is 4.32 Å². The molecule has 0 fully saturated rings. The molecular formula is C13H17O2PS8. The van der Waals surface area contributed by atoms with Crippen molar-refractivity contribution < 1.29 is 9.05 Å². The highest BCUT2D eigenvalue weighted by Gasteiger charge is 2.40. The van der Waals surface area contributed by atoms with Crippen LogP contribution in [-0.2, 0) is 9.05 Å². The summed E-state index contributed by atoms with van der Waals surface area (Å²) >= 11 is 15.3. The Kier molecular flexibility index (Phi) is 8.99. The number of hydrogen-bond acceptors (Lipinski definition) is 10. The van der Waals surface area contributed by atoms with E-state index < -0.39 is 8.38 Å². The van der Waals surface area contributed by atoms with Gasteiger partial charge in [0.05, 0.1) is 38.6 Å². The minimum Gasteiger partial charge on any atom is -0.333 e. The molecule has 0 saturated carbocycles. The van der Waals surface area contributed by atoms with Gasteiger partial charge in [0, 0.05) is 0 Å². The van der Waals surface area contributed by atoms with Crippen molar-refractivity contribution in [3.05, 3.63) is 25.4 Å². The lowest BCUT2D eigenvalue weighted by Gasteiger charge is -2.21. The van der Waals surface area contributed by atoms with Gasteiger partial charge in [-0.25, -0.2) is 0 Å². The van der Waals surface area contributed by atoms with Crippen molar-refractivity contribution in [2.75, 3.05) is 25.7 Å². The lowest BCUT2D eigenvalue weighted by atomic mass is 10.9. The molecule has 0 aromatic rings. The second-order valence-electron chi connectivity index (χ2n) is 4.20. The lowest BCUT2D eigenvalue weighted by Crippen LogP contribution is -1.99. The molecular weight excluding hydrogens is 476 g/mol. The van der Waals surface area contributed by atoms with E-state index in [1.165, 1.54) is 25.4 Å². The fraction of sp³-hybridized carbons (Fsp3) is 0.538. The number of hydrogen-bond donors (Lipinski definition) is 0. The van der Waals surface area contributed by atoms with Crippen LogP contribution in [0.25, 0.3) is 0 Å². The fourth-order valence-corrected chi connectivity index (χ4v) is 16.7. The molecule has 0 spiro atoms. The van der Waals surface area contributed by atoms with E-state index in [9.17, 15) is 0 Å². The molecule has 3 aliphatic heterocycles. The van der Waals surface area contributed by atoms with Gasteiger partial charge in [0.25, 0.3) is 0 Å². The van der Waals surface area contributed by atoms with E-state index in [1.807, 2.05) is 108 Å². The lowest BCUT2D eigenvalue weighted by molar-refractivity contribution is 0.271. The molecule has 0 aromatic carbocycles. The molecule has 2 nitrogen and oxygen atoms in total. The Morgan fingerprint density at radius 1 is 0.792 bits per heavy atom. The molecule has 3 rings (SSSR count). The molecule has 24 heavy (non-hydrogen) atoms. The maximum absolute atomic E-state index is 5.84. The van der Waals surface area contributed by atoms with Crippen LogP contribution in [0.4, 0.5) is 0 Å². The molecule has 3 aliphatic rings. The normalized spacial score (nSPS) is 21.9. The van der Waals surface area contributed by atoms with Crippen molar-refractivity contribution in [3.8, 4) is 0 Å². The van der Waals surface area contributed by atoms with E-state index in [0.717, 1.165) is 13.2 Å². The van der Waals surface area contributed by atoms with E-state index in [2.05, 4.69) is 12.5 Å². The molecule has 0 aliphatic carbocycles. The third-order valence-corrected chi connectivity index (χ3v) is 17.0. The largest absolute Gasteiger partial charge is 0.333 e. The van der Waals surface area contributed by atoms with Gasteiger partial charge in [-0.15, -0.1) is 23.5 Å². The molecule has 3 heterocycles. The molecule has 0 amide bonds. The molecule has 0 aromatic heterocycles. The van der Waals surface area contributed by atoms with Crippen LogP contribution in [0, 0.1) is 0 Å². The van der Waals surface area contributed by atoms with Gasteiger partial charge >= 0.3 is 0 Å². The Balaban J connectivity index is 1.61. The third-order valence-electron chi connectivity index (χ3n) is 2.71. The summed E-state index contributed by atoms with van der Waals surface area (Å²) in [5.41, 5.74) is 0. The van der Waals surface area contributed by atoms with Gasteiger partial charge in [-0.2, -0.15) is 0 Å². The summed E-state index contributed by atoms with van der Waals surface area (Å²) in [6, 6.07) is 0. The SMILES string of the molecule is CCOP(OCC)C1SC2=C(SC(=C3SC(SC)=C(SC)S3)S2)S1. The summed E-state index contributed by atoms with van der Waals surface area (Å²) in [5, 5.41) is 0. The molecule has 0 radical (unpaired) electrons. The topological polar surface area (TPSA) is 18.5 Å². The zero-order valence-corrected chi connectivity index (χ0v) is 20.9. The maximum atomic E-state index is 5.84. The van der Waals surface area contributed by atoms with Crippen LogP contribution in [0.2, 0.25) is 0 Å². The first-order chi connectivity index (χ1) is 11.7. The first kappa shape index (κ1) is 21.1. The molecule has 0 bridgehead atoms. The van der Waals surface area contributed by atoms with Gasteiger partial charge in [0.2, 0.25) is 0 Å². The van der Waals surface area contributed by atoms with Gasteiger partial charge in [-0.1, -0.05) is 70.6 Å². The molecule has 0 unspecified atom stereocenters. The van der Waals surface area contributed by atoms with E-state index >= 15 is 0 Å². The molecule has 0 atom stereocenters. The highest BCUT2D eigenvalue weighted by atomic mass is 32.3. The van der Waals surface area contributed by atoms with E-state index in [-0.39, 0.29) is 0 Å². The van der Waals surface area contributed by atoms with E-state index in [4.69, 9.17) is 9.05 Å². The Bertz CT molecular complexity index is 547. The second-order valence-corrected chi connectivity index (χ2v) is 16.3. The zero-order chi connectivity index (χ0) is 17.1. The Labute approximate surface area is 179 Å². The highest BCUT2D eigenvalue weighted by molar-refractivity contribution is 8.49. The van der Waals surface area contributed by atoms with Crippen LogP contribution in [-0.4, -0.2) is 30.0 Å². The van der Waals surface area contributed by atoms with Crippen LogP contribution < -0.4 is 0 Å². The zero-order valence-electron chi connectivity index (χ0n) is 13.5. The molecule has 134 valence electrons. The summed E-state index contributed by atoms with van der Waals surface area (Å²) < 4.78 is 20.7. The van der Waals surface area contributed by atoms with Gasteiger partial charge in [-0.05, 0) is 26.4 Å². The maximum Gasteiger partial charge on any atom is 0.196 e. The van der Waals surface area contributed by atoms with Crippen LogP contribution in [0.3, 0.4) is 0 Å². The van der Waals surface area contributed by atoms with Gasteiger partial charge < -0.3 is 9.05 Å². The van der Waals surface area contributed by atoms with E-state index in [1.54, 1.807) is 0 Å². The predicted octanol–water partition coefficient (Wildman–Crippen LogP) is 8.20. The van der Waals surface area contributed by atoms with Gasteiger partial charge in [0.15, 0.2) is 8.38 Å². The van der Waals surface area contributed by atoms with Gasteiger partial charge in [-0.3, -0.25) is 0 Å². The van der Waals surface area contributed by atoms with Crippen LogP contribution in [0.5, 0.6) is 0 Å².